The van der Waals surface area contributed by atoms with Gasteiger partial charge in [-0.05, 0) is 19.3 Å². The van der Waals surface area contributed by atoms with E-state index >= 15 is 0 Å². The van der Waals surface area contributed by atoms with Crippen LogP contribution in [0, 0.1) is 0 Å². The summed E-state index contributed by atoms with van der Waals surface area (Å²) in [5, 5.41) is 10.2. The lowest BCUT2D eigenvalue weighted by Crippen LogP contribution is -2.26. The van der Waals surface area contributed by atoms with Gasteiger partial charge in [-0.25, -0.2) is 4.79 Å². The van der Waals surface area contributed by atoms with E-state index in [9.17, 15) is 9.90 Å². The maximum absolute atomic E-state index is 12.3. The standard InChI is InChI=1S/C13H20N2O4/c1-2-11-12(16)15(6-4-10-8-19-10)13(17)14(11)5-3-9-7-18-9/h9-10,16H,2-8H2,1H3. The summed E-state index contributed by atoms with van der Waals surface area (Å²) in [6, 6.07) is 0. The van der Waals surface area contributed by atoms with Crippen molar-refractivity contribution in [2.45, 2.75) is 51.5 Å². The van der Waals surface area contributed by atoms with Crippen LogP contribution in [0.15, 0.2) is 4.79 Å². The molecule has 3 rings (SSSR count). The smallest absolute Gasteiger partial charge is 0.331 e. The Bertz CT molecular complexity index is 511. The van der Waals surface area contributed by atoms with Crippen LogP contribution in [0.4, 0.5) is 0 Å². The van der Waals surface area contributed by atoms with Gasteiger partial charge in [-0.15, -0.1) is 0 Å². The Hall–Kier alpha value is -1.27. The van der Waals surface area contributed by atoms with Crippen molar-refractivity contribution >= 4 is 0 Å². The van der Waals surface area contributed by atoms with Crippen LogP contribution in [-0.2, 0) is 29.0 Å². The topological polar surface area (TPSA) is 72.2 Å². The van der Waals surface area contributed by atoms with Crippen LogP contribution in [0.1, 0.15) is 25.5 Å². The molecule has 2 aliphatic heterocycles. The van der Waals surface area contributed by atoms with Gasteiger partial charge in [0.15, 0.2) is 0 Å². The average Bonchev–Trinajstić information content (AvgIpc) is 3.26. The quantitative estimate of drug-likeness (QED) is 0.731. The Morgan fingerprint density at radius 3 is 2.16 bits per heavy atom. The first-order valence-corrected chi connectivity index (χ1v) is 6.95. The Morgan fingerprint density at radius 2 is 1.68 bits per heavy atom. The van der Waals surface area contributed by atoms with E-state index in [0.29, 0.717) is 25.6 Å². The molecule has 0 aliphatic carbocycles. The first-order chi connectivity index (χ1) is 9.20. The van der Waals surface area contributed by atoms with Gasteiger partial charge in [-0.1, -0.05) is 6.92 Å². The van der Waals surface area contributed by atoms with E-state index < -0.39 is 0 Å². The zero-order valence-electron chi connectivity index (χ0n) is 11.2. The SMILES string of the molecule is CCc1c(O)n(CCC2CO2)c(=O)n1CCC1CO1. The summed E-state index contributed by atoms with van der Waals surface area (Å²) >= 11 is 0. The van der Waals surface area contributed by atoms with E-state index in [1.807, 2.05) is 6.92 Å². The lowest BCUT2D eigenvalue weighted by atomic mass is 10.3. The fraction of sp³-hybridized carbons (Fsp3) is 0.769. The molecule has 0 bridgehead atoms. The molecule has 2 aliphatic rings. The monoisotopic (exact) mass is 268 g/mol. The van der Waals surface area contributed by atoms with Crippen molar-refractivity contribution in [2.75, 3.05) is 13.2 Å². The molecular formula is C13H20N2O4. The molecule has 2 fully saturated rings. The molecule has 2 unspecified atom stereocenters. The highest BCUT2D eigenvalue weighted by molar-refractivity contribution is 5.20. The highest BCUT2D eigenvalue weighted by Crippen LogP contribution is 2.21. The van der Waals surface area contributed by atoms with E-state index in [0.717, 1.165) is 31.7 Å². The molecule has 1 N–H and O–H groups in total. The maximum Gasteiger partial charge on any atom is 0.331 e. The van der Waals surface area contributed by atoms with Crippen molar-refractivity contribution < 1.29 is 14.6 Å². The van der Waals surface area contributed by atoms with Gasteiger partial charge >= 0.3 is 5.69 Å². The molecular weight excluding hydrogens is 248 g/mol. The Labute approximate surface area is 111 Å². The number of epoxide rings is 2. The molecule has 0 spiro atoms. The molecule has 2 saturated heterocycles. The van der Waals surface area contributed by atoms with Crippen molar-refractivity contribution in [2.24, 2.45) is 0 Å². The van der Waals surface area contributed by atoms with Gasteiger partial charge in [-0.3, -0.25) is 9.13 Å². The average molecular weight is 268 g/mol. The first kappa shape index (κ1) is 12.7. The highest BCUT2D eigenvalue weighted by atomic mass is 16.6. The summed E-state index contributed by atoms with van der Waals surface area (Å²) in [5.74, 6) is 0.116. The fourth-order valence-electron chi connectivity index (χ4n) is 2.42. The van der Waals surface area contributed by atoms with Crippen LogP contribution in [0.25, 0.3) is 0 Å². The van der Waals surface area contributed by atoms with E-state index in [-0.39, 0.29) is 17.7 Å². The molecule has 2 atom stereocenters. The van der Waals surface area contributed by atoms with Gasteiger partial charge in [0.05, 0.1) is 31.1 Å². The van der Waals surface area contributed by atoms with Crippen LogP contribution < -0.4 is 5.69 Å². The lowest BCUT2D eigenvalue weighted by molar-refractivity contribution is 0.364. The van der Waals surface area contributed by atoms with E-state index in [1.54, 1.807) is 4.57 Å². The zero-order valence-corrected chi connectivity index (χ0v) is 11.2. The van der Waals surface area contributed by atoms with Crippen LogP contribution in [-0.4, -0.2) is 39.7 Å². The van der Waals surface area contributed by atoms with Crippen molar-refractivity contribution in [3.8, 4) is 5.88 Å². The third-order valence-electron chi connectivity index (χ3n) is 3.79. The van der Waals surface area contributed by atoms with Gasteiger partial charge < -0.3 is 14.6 Å². The maximum atomic E-state index is 12.3. The number of nitrogens with zero attached hydrogens (tertiary/aromatic N) is 2. The summed E-state index contributed by atoms with van der Waals surface area (Å²) in [4.78, 5) is 12.3. The second-order valence-electron chi connectivity index (χ2n) is 5.20. The van der Waals surface area contributed by atoms with Gasteiger partial charge in [0.25, 0.3) is 0 Å². The summed E-state index contributed by atoms with van der Waals surface area (Å²) in [6.45, 7) is 4.66. The molecule has 0 saturated carbocycles. The van der Waals surface area contributed by atoms with Crippen molar-refractivity contribution in [3.63, 3.8) is 0 Å². The lowest BCUT2D eigenvalue weighted by Gasteiger charge is -2.03. The molecule has 1 aromatic rings. The molecule has 0 radical (unpaired) electrons. The third-order valence-corrected chi connectivity index (χ3v) is 3.79. The molecule has 1 aromatic heterocycles. The Balaban J connectivity index is 1.78. The van der Waals surface area contributed by atoms with Gasteiger partial charge in [-0.2, -0.15) is 0 Å². The van der Waals surface area contributed by atoms with E-state index in [2.05, 4.69) is 0 Å². The van der Waals surface area contributed by atoms with Crippen LogP contribution in [0.2, 0.25) is 0 Å². The second-order valence-corrected chi connectivity index (χ2v) is 5.20. The first-order valence-electron chi connectivity index (χ1n) is 6.95. The molecule has 0 amide bonds. The summed E-state index contributed by atoms with van der Waals surface area (Å²) < 4.78 is 13.5. The minimum atomic E-state index is -0.115. The number of hydrogen-bond acceptors (Lipinski definition) is 4. The highest BCUT2D eigenvalue weighted by Gasteiger charge is 2.26. The summed E-state index contributed by atoms with van der Waals surface area (Å²) in [6.07, 6.45) is 2.83. The number of aromatic hydroxyl groups is 1. The molecule has 0 aromatic carbocycles. The molecule has 3 heterocycles. The van der Waals surface area contributed by atoms with Crippen LogP contribution in [0.3, 0.4) is 0 Å². The van der Waals surface area contributed by atoms with Crippen molar-refractivity contribution in [3.05, 3.63) is 16.2 Å². The number of rotatable bonds is 7. The van der Waals surface area contributed by atoms with Crippen LogP contribution >= 0.6 is 0 Å². The zero-order chi connectivity index (χ0) is 13.4. The van der Waals surface area contributed by atoms with E-state index in [1.165, 1.54) is 4.57 Å². The van der Waals surface area contributed by atoms with Gasteiger partial charge in [0.2, 0.25) is 5.88 Å². The second kappa shape index (κ2) is 5.02. The van der Waals surface area contributed by atoms with Crippen LogP contribution in [0.5, 0.6) is 5.88 Å². The predicted octanol–water partition coefficient (Wildman–Crippen LogP) is 0.496. The number of imidazole rings is 1. The Morgan fingerprint density at radius 1 is 1.16 bits per heavy atom. The van der Waals surface area contributed by atoms with Gasteiger partial charge in [0.1, 0.15) is 0 Å². The largest absolute Gasteiger partial charge is 0.493 e. The van der Waals surface area contributed by atoms with E-state index in [4.69, 9.17) is 9.47 Å². The molecule has 6 heteroatoms. The molecule has 6 nitrogen and oxygen atoms in total. The van der Waals surface area contributed by atoms with Crippen molar-refractivity contribution in [1.82, 2.24) is 9.13 Å². The molecule has 19 heavy (non-hydrogen) atoms. The van der Waals surface area contributed by atoms with Gasteiger partial charge in [0, 0.05) is 13.1 Å². The summed E-state index contributed by atoms with van der Waals surface area (Å²) in [5.41, 5.74) is 0.609. The minimum absolute atomic E-state index is 0.115. The number of aromatic nitrogens is 2. The normalized spacial score (nSPS) is 24.7. The van der Waals surface area contributed by atoms with Crippen molar-refractivity contribution in [1.29, 1.82) is 0 Å². The summed E-state index contributed by atoms with van der Waals surface area (Å²) in [7, 11) is 0. The number of hydrogen-bond donors (Lipinski definition) is 1. The number of ether oxygens (including phenoxy) is 2. The fourth-order valence-corrected chi connectivity index (χ4v) is 2.42. The Kier molecular flexibility index (Phi) is 3.36. The molecule has 106 valence electrons. The minimum Gasteiger partial charge on any atom is -0.493 e. The predicted molar refractivity (Wildman–Crippen MR) is 68.4 cm³/mol. The third kappa shape index (κ3) is 2.69.